The quantitative estimate of drug-likeness (QED) is 0.885. The minimum atomic E-state index is -0.724. The molecule has 1 N–H and O–H groups in total. The van der Waals surface area contributed by atoms with Crippen molar-refractivity contribution in [2.75, 3.05) is 13.1 Å². The molecule has 0 saturated heterocycles. The predicted molar refractivity (Wildman–Crippen MR) is 76.2 cm³/mol. The van der Waals surface area contributed by atoms with E-state index in [1.165, 1.54) is 5.56 Å². The molecule has 1 aromatic rings. The highest BCUT2D eigenvalue weighted by Gasteiger charge is 2.33. The van der Waals surface area contributed by atoms with Gasteiger partial charge < -0.3 is 5.11 Å². The number of nitrogens with zero attached hydrogens (tertiary/aromatic N) is 1. The molecule has 1 aromatic carbocycles. The third-order valence-corrected chi connectivity index (χ3v) is 4.26. The SMILES string of the molecule is CCC(CC)CN1CCc2ccccc2C1C(=O)O. The van der Waals surface area contributed by atoms with Gasteiger partial charge in [0.1, 0.15) is 6.04 Å². The summed E-state index contributed by atoms with van der Waals surface area (Å²) < 4.78 is 0. The molecule has 104 valence electrons. The summed E-state index contributed by atoms with van der Waals surface area (Å²) in [5.74, 6) is -0.134. The Morgan fingerprint density at radius 2 is 2.05 bits per heavy atom. The summed E-state index contributed by atoms with van der Waals surface area (Å²) in [5.41, 5.74) is 2.17. The summed E-state index contributed by atoms with van der Waals surface area (Å²) in [7, 11) is 0. The number of fused-ring (bicyclic) bond motifs is 1. The molecule has 0 amide bonds. The fraction of sp³-hybridized carbons (Fsp3) is 0.562. The van der Waals surface area contributed by atoms with Crippen LogP contribution in [-0.4, -0.2) is 29.1 Å². The Morgan fingerprint density at radius 3 is 2.68 bits per heavy atom. The van der Waals surface area contributed by atoms with E-state index in [1.54, 1.807) is 0 Å². The van der Waals surface area contributed by atoms with E-state index < -0.39 is 12.0 Å². The summed E-state index contributed by atoms with van der Waals surface area (Å²) in [5, 5.41) is 9.57. The number of hydrogen-bond donors (Lipinski definition) is 1. The van der Waals surface area contributed by atoms with Gasteiger partial charge >= 0.3 is 5.97 Å². The molecule has 2 rings (SSSR count). The standard InChI is InChI=1S/C16H23NO2/c1-3-12(4-2)11-17-10-9-13-7-5-6-8-14(13)15(17)16(18)19/h5-8,12,15H,3-4,9-11H2,1-2H3,(H,18,19). The summed E-state index contributed by atoms with van der Waals surface area (Å²) in [6.45, 7) is 6.10. The fourth-order valence-electron chi connectivity index (χ4n) is 2.98. The van der Waals surface area contributed by atoms with Crippen LogP contribution < -0.4 is 0 Å². The fourth-order valence-corrected chi connectivity index (χ4v) is 2.98. The van der Waals surface area contributed by atoms with Crippen LogP contribution in [0.25, 0.3) is 0 Å². The first-order chi connectivity index (χ1) is 9.17. The van der Waals surface area contributed by atoms with Crippen molar-refractivity contribution >= 4 is 5.97 Å². The summed E-state index contributed by atoms with van der Waals surface area (Å²) in [6, 6.07) is 7.49. The maximum absolute atomic E-state index is 11.6. The Hall–Kier alpha value is -1.35. The zero-order chi connectivity index (χ0) is 13.8. The molecule has 0 spiro atoms. The third-order valence-electron chi connectivity index (χ3n) is 4.26. The Morgan fingerprint density at radius 1 is 1.37 bits per heavy atom. The second-order valence-corrected chi connectivity index (χ2v) is 5.37. The van der Waals surface area contributed by atoms with Crippen molar-refractivity contribution in [1.29, 1.82) is 0 Å². The lowest BCUT2D eigenvalue weighted by Gasteiger charge is -2.36. The maximum Gasteiger partial charge on any atom is 0.325 e. The number of carbonyl (C=O) groups is 1. The van der Waals surface area contributed by atoms with Crippen molar-refractivity contribution in [2.45, 2.75) is 39.2 Å². The maximum atomic E-state index is 11.6. The number of aliphatic carboxylic acids is 1. The van der Waals surface area contributed by atoms with E-state index in [-0.39, 0.29) is 0 Å². The minimum absolute atomic E-state index is 0.467. The van der Waals surface area contributed by atoms with E-state index >= 15 is 0 Å². The van der Waals surface area contributed by atoms with Gasteiger partial charge in [-0.25, -0.2) is 0 Å². The van der Waals surface area contributed by atoms with Crippen molar-refractivity contribution in [1.82, 2.24) is 4.90 Å². The molecule has 0 aromatic heterocycles. The highest BCUT2D eigenvalue weighted by atomic mass is 16.4. The molecule has 3 heteroatoms. The second kappa shape index (κ2) is 6.20. The molecule has 0 radical (unpaired) electrons. The van der Waals surface area contributed by atoms with Crippen LogP contribution in [0.4, 0.5) is 0 Å². The molecule has 3 nitrogen and oxygen atoms in total. The summed E-state index contributed by atoms with van der Waals surface area (Å²) in [4.78, 5) is 13.8. The van der Waals surface area contributed by atoms with Gasteiger partial charge in [-0.05, 0) is 23.5 Å². The Bertz CT molecular complexity index is 440. The molecule has 0 bridgehead atoms. The van der Waals surface area contributed by atoms with Gasteiger partial charge in [0, 0.05) is 13.1 Å². The van der Waals surface area contributed by atoms with E-state index in [2.05, 4.69) is 24.8 Å². The smallest absolute Gasteiger partial charge is 0.325 e. The molecule has 1 unspecified atom stereocenters. The molecule has 0 saturated carbocycles. The van der Waals surface area contributed by atoms with Gasteiger partial charge in [-0.1, -0.05) is 51.0 Å². The van der Waals surface area contributed by atoms with E-state index in [9.17, 15) is 9.90 Å². The van der Waals surface area contributed by atoms with Crippen LogP contribution in [0.1, 0.15) is 43.9 Å². The molecule has 0 aliphatic carbocycles. The molecule has 19 heavy (non-hydrogen) atoms. The van der Waals surface area contributed by atoms with Crippen molar-refractivity contribution < 1.29 is 9.90 Å². The highest BCUT2D eigenvalue weighted by Crippen LogP contribution is 2.31. The van der Waals surface area contributed by atoms with Gasteiger partial charge in [0.15, 0.2) is 0 Å². The van der Waals surface area contributed by atoms with Gasteiger partial charge in [-0.15, -0.1) is 0 Å². The topological polar surface area (TPSA) is 40.5 Å². The van der Waals surface area contributed by atoms with Gasteiger partial charge in [-0.2, -0.15) is 0 Å². The molecule has 0 fully saturated rings. The van der Waals surface area contributed by atoms with E-state index in [1.807, 2.05) is 18.2 Å². The molecular weight excluding hydrogens is 238 g/mol. The zero-order valence-electron chi connectivity index (χ0n) is 11.8. The van der Waals surface area contributed by atoms with Gasteiger partial charge in [0.2, 0.25) is 0 Å². The van der Waals surface area contributed by atoms with Gasteiger partial charge in [-0.3, -0.25) is 9.69 Å². The Balaban J connectivity index is 2.24. The van der Waals surface area contributed by atoms with Crippen LogP contribution in [0.15, 0.2) is 24.3 Å². The van der Waals surface area contributed by atoms with Gasteiger partial charge in [0.25, 0.3) is 0 Å². The number of rotatable bonds is 5. The van der Waals surface area contributed by atoms with Crippen molar-refractivity contribution in [3.8, 4) is 0 Å². The van der Waals surface area contributed by atoms with Gasteiger partial charge in [0.05, 0.1) is 0 Å². The van der Waals surface area contributed by atoms with Crippen LogP contribution in [-0.2, 0) is 11.2 Å². The Kier molecular flexibility index (Phi) is 4.59. The van der Waals surface area contributed by atoms with E-state index in [4.69, 9.17) is 0 Å². The normalized spacial score (nSPS) is 19.4. The number of benzene rings is 1. The lowest BCUT2D eigenvalue weighted by Crippen LogP contribution is -2.42. The second-order valence-electron chi connectivity index (χ2n) is 5.37. The molecule has 1 heterocycles. The van der Waals surface area contributed by atoms with E-state index in [0.29, 0.717) is 5.92 Å². The van der Waals surface area contributed by atoms with Crippen molar-refractivity contribution in [3.05, 3.63) is 35.4 Å². The van der Waals surface area contributed by atoms with Crippen LogP contribution in [0.5, 0.6) is 0 Å². The lowest BCUT2D eigenvalue weighted by molar-refractivity contribution is -0.144. The number of carboxylic acid groups (broad SMARTS) is 1. The number of carboxylic acids is 1. The third kappa shape index (κ3) is 2.98. The largest absolute Gasteiger partial charge is 0.480 e. The summed E-state index contributed by atoms with van der Waals surface area (Å²) >= 11 is 0. The molecular formula is C16H23NO2. The molecule has 1 aliphatic rings. The van der Waals surface area contributed by atoms with Crippen LogP contribution in [0, 0.1) is 5.92 Å². The first-order valence-corrected chi connectivity index (χ1v) is 7.22. The van der Waals surface area contributed by atoms with Crippen LogP contribution >= 0.6 is 0 Å². The average molecular weight is 261 g/mol. The summed E-state index contributed by atoms with van der Waals surface area (Å²) in [6.07, 6.45) is 3.18. The monoisotopic (exact) mass is 261 g/mol. The highest BCUT2D eigenvalue weighted by molar-refractivity contribution is 5.76. The average Bonchev–Trinajstić information content (AvgIpc) is 2.43. The number of hydrogen-bond acceptors (Lipinski definition) is 2. The molecule has 1 aliphatic heterocycles. The molecule has 1 atom stereocenters. The van der Waals surface area contributed by atoms with Crippen LogP contribution in [0.2, 0.25) is 0 Å². The first-order valence-electron chi connectivity index (χ1n) is 7.22. The zero-order valence-corrected chi connectivity index (χ0v) is 11.8. The van der Waals surface area contributed by atoms with E-state index in [0.717, 1.165) is 37.9 Å². The lowest BCUT2D eigenvalue weighted by atomic mass is 9.91. The van der Waals surface area contributed by atoms with Crippen molar-refractivity contribution in [3.63, 3.8) is 0 Å². The minimum Gasteiger partial charge on any atom is -0.480 e. The Labute approximate surface area is 115 Å². The first kappa shape index (κ1) is 14.1. The van der Waals surface area contributed by atoms with Crippen molar-refractivity contribution in [2.24, 2.45) is 5.92 Å². The predicted octanol–water partition coefficient (Wildman–Crippen LogP) is 3.11. The van der Waals surface area contributed by atoms with Crippen LogP contribution in [0.3, 0.4) is 0 Å².